The summed E-state index contributed by atoms with van der Waals surface area (Å²) in [5.41, 5.74) is 9.15. The predicted molar refractivity (Wildman–Crippen MR) is 81.3 cm³/mol. The van der Waals surface area contributed by atoms with Gasteiger partial charge < -0.3 is 5.73 Å². The minimum absolute atomic E-state index is 0.0532. The highest BCUT2D eigenvalue weighted by Gasteiger charge is 2.18. The molecule has 0 unspecified atom stereocenters. The molecule has 3 rings (SSSR count). The Morgan fingerprint density at radius 3 is 2.52 bits per heavy atom. The van der Waals surface area contributed by atoms with E-state index in [9.17, 15) is 4.39 Å². The van der Waals surface area contributed by atoms with Crippen LogP contribution in [0.5, 0.6) is 0 Å². The molecule has 106 valence electrons. The van der Waals surface area contributed by atoms with Crippen molar-refractivity contribution in [2.24, 2.45) is 7.05 Å². The molecule has 2 heterocycles. The topological polar surface area (TPSA) is 56.7 Å². The lowest BCUT2D eigenvalue weighted by Gasteiger charge is -2.05. The third-order valence-electron chi connectivity index (χ3n) is 3.25. The molecule has 2 aromatic heterocycles. The lowest BCUT2D eigenvalue weighted by molar-refractivity contribution is 0.628. The van der Waals surface area contributed by atoms with E-state index in [0.717, 1.165) is 11.1 Å². The van der Waals surface area contributed by atoms with Crippen LogP contribution < -0.4 is 5.73 Å². The molecule has 2 N–H and O–H groups in total. The smallest absolute Gasteiger partial charge is 0.141 e. The second-order valence-corrected chi connectivity index (χ2v) is 5.00. The number of pyridine rings is 1. The quantitative estimate of drug-likeness (QED) is 0.788. The lowest BCUT2D eigenvalue weighted by atomic mass is 10.0. The van der Waals surface area contributed by atoms with Crippen LogP contribution in [0.25, 0.3) is 22.4 Å². The monoisotopic (exact) mass is 302 g/mol. The molecule has 3 aromatic rings. The van der Waals surface area contributed by atoms with Crippen LogP contribution in [0.15, 0.2) is 42.7 Å². The molecule has 0 spiro atoms. The molecule has 0 aliphatic rings. The Hall–Kier alpha value is -2.40. The first-order valence-corrected chi connectivity index (χ1v) is 6.64. The van der Waals surface area contributed by atoms with Gasteiger partial charge in [0.25, 0.3) is 0 Å². The summed E-state index contributed by atoms with van der Waals surface area (Å²) in [6.07, 6.45) is 3.37. The number of nitrogens with two attached hydrogens (primary N) is 1. The zero-order valence-corrected chi connectivity index (χ0v) is 12.0. The normalized spacial score (nSPS) is 10.8. The van der Waals surface area contributed by atoms with Crippen LogP contribution in [0.1, 0.15) is 0 Å². The lowest BCUT2D eigenvalue weighted by Crippen LogP contribution is -1.97. The summed E-state index contributed by atoms with van der Waals surface area (Å²) in [7, 11) is 1.76. The Balaban J connectivity index is 2.24. The highest BCUT2D eigenvalue weighted by molar-refractivity contribution is 6.31. The van der Waals surface area contributed by atoms with Crippen LogP contribution in [0.4, 0.5) is 10.2 Å². The van der Waals surface area contributed by atoms with Crippen LogP contribution in [0.3, 0.4) is 0 Å². The van der Waals surface area contributed by atoms with Crippen molar-refractivity contribution in [1.82, 2.24) is 14.8 Å². The maximum atomic E-state index is 13.3. The number of hydrogen-bond acceptors (Lipinski definition) is 3. The third-order valence-corrected chi connectivity index (χ3v) is 3.54. The molecule has 4 nitrogen and oxygen atoms in total. The van der Waals surface area contributed by atoms with Gasteiger partial charge in [-0.25, -0.2) is 4.39 Å². The van der Waals surface area contributed by atoms with E-state index < -0.39 is 5.82 Å². The number of nitrogen functional groups attached to an aromatic ring is 1. The number of anilines is 1. The fraction of sp³-hybridized carbons (Fsp3) is 0.0667. The van der Waals surface area contributed by atoms with E-state index in [4.69, 9.17) is 17.3 Å². The molecule has 6 heteroatoms. The summed E-state index contributed by atoms with van der Waals surface area (Å²) in [6.45, 7) is 0. The first-order chi connectivity index (χ1) is 10.1. The van der Waals surface area contributed by atoms with E-state index in [1.807, 2.05) is 12.1 Å². The average Bonchev–Trinajstić information content (AvgIpc) is 2.79. The minimum atomic E-state index is -0.463. The van der Waals surface area contributed by atoms with Crippen molar-refractivity contribution < 1.29 is 4.39 Å². The number of rotatable bonds is 2. The summed E-state index contributed by atoms with van der Waals surface area (Å²) in [5.74, 6) is 0.0615. The summed E-state index contributed by atoms with van der Waals surface area (Å²) in [4.78, 5) is 4.00. The molecule has 0 bridgehead atoms. The van der Waals surface area contributed by atoms with Gasteiger partial charge in [0, 0.05) is 25.0 Å². The van der Waals surface area contributed by atoms with E-state index in [1.54, 1.807) is 36.3 Å². The van der Waals surface area contributed by atoms with Crippen LogP contribution in [0, 0.1) is 5.82 Å². The van der Waals surface area contributed by atoms with Gasteiger partial charge in [-0.15, -0.1) is 0 Å². The van der Waals surface area contributed by atoms with Crippen molar-refractivity contribution in [2.75, 3.05) is 5.73 Å². The Morgan fingerprint density at radius 2 is 1.86 bits per heavy atom. The molecule has 21 heavy (non-hydrogen) atoms. The van der Waals surface area contributed by atoms with Crippen LogP contribution in [-0.2, 0) is 7.05 Å². The van der Waals surface area contributed by atoms with Crippen LogP contribution in [0.2, 0.25) is 5.02 Å². The second-order valence-electron chi connectivity index (χ2n) is 4.60. The summed E-state index contributed by atoms with van der Waals surface area (Å²) >= 11 is 5.86. The van der Waals surface area contributed by atoms with Gasteiger partial charge >= 0.3 is 0 Å². The Kier molecular flexibility index (Phi) is 3.35. The maximum Gasteiger partial charge on any atom is 0.141 e. The van der Waals surface area contributed by atoms with Gasteiger partial charge in [0.15, 0.2) is 0 Å². The van der Waals surface area contributed by atoms with Gasteiger partial charge in [-0.1, -0.05) is 11.6 Å². The van der Waals surface area contributed by atoms with E-state index in [-0.39, 0.29) is 5.02 Å². The fourth-order valence-corrected chi connectivity index (χ4v) is 2.37. The molecular weight excluding hydrogens is 291 g/mol. The van der Waals surface area contributed by atoms with Gasteiger partial charge in [-0.2, -0.15) is 5.10 Å². The molecule has 0 fully saturated rings. The first-order valence-electron chi connectivity index (χ1n) is 6.26. The molecule has 0 saturated carbocycles. The van der Waals surface area contributed by atoms with E-state index in [0.29, 0.717) is 17.1 Å². The van der Waals surface area contributed by atoms with Crippen molar-refractivity contribution in [2.45, 2.75) is 0 Å². The van der Waals surface area contributed by atoms with Crippen molar-refractivity contribution >= 4 is 17.4 Å². The molecule has 0 aliphatic carbocycles. The average molecular weight is 303 g/mol. The molecule has 1 aromatic carbocycles. The molecule has 0 saturated heterocycles. The fourth-order valence-electron chi connectivity index (χ4n) is 2.19. The largest absolute Gasteiger partial charge is 0.383 e. The zero-order valence-electron chi connectivity index (χ0n) is 11.2. The van der Waals surface area contributed by atoms with E-state index >= 15 is 0 Å². The Labute approximate surface area is 126 Å². The van der Waals surface area contributed by atoms with Gasteiger partial charge in [0.1, 0.15) is 17.3 Å². The number of aromatic nitrogens is 3. The molecule has 0 radical (unpaired) electrons. The second kappa shape index (κ2) is 5.18. The molecule has 0 atom stereocenters. The molecule has 0 amide bonds. The number of halogens is 2. The van der Waals surface area contributed by atoms with Gasteiger partial charge in [0.2, 0.25) is 0 Å². The van der Waals surface area contributed by atoms with Crippen LogP contribution >= 0.6 is 11.6 Å². The molecular formula is C15H12ClFN4. The van der Waals surface area contributed by atoms with Gasteiger partial charge in [-0.3, -0.25) is 9.67 Å². The van der Waals surface area contributed by atoms with Crippen molar-refractivity contribution in [1.29, 1.82) is 0 Å². The third kappa shape index (κ3) is 2.36. The van der Waals surface area contributed by atoms with Gasteiger partial charge in [-0.05, 0) is 35.9 Å². The zero-order chi connectivity index (χ0) is 15.0. The van der Waals surface area contributed by atoms with Crippen molar-refractivity contribution in [3.05, 3.63) is 53.6 Å². The predicted octanol–water partition coefficient (Wildman–Crippen LogP) is 3.52. The van der Waals surface area contributed by atoms with Crippen molar-refractivity contribution in [3.63, 3.8) is 0 Å². The van der Waals surface area contributed by atoms with Gasteiger partial charge in [0.05, 0.1) is 10.6 Å². The number of benzene rings is 1. The Morgan fingerprint density at radius 1 is 1.14 bits per heavy atom. The Bertz CT molecular complexity index is 799. The maximum absolute atomic E-state index is 13.3. The highest BCUT2D eigenvalue weighted by atomic mass is 35.5. The number of nitrogens with zero attached hydrogens (tertiary/aromatic N) is 3. The summed E-state index contributed by atoms with van der Waals surface area (Å²) in [6, 6.07) is 8.19. The molecule has 0 aliphatic heterocycles. The number of hydrogen-bond donors (Lipinski definition) is 1. The first kappa shape index (κ1) is 13.6. The SMILES string of the molecule is Cn1nc(-c2ccc(F)c(Cl)c2)c(-c2ccncc2)c1N. The minimum Gasteiger partial charge on any atom is -0.383 e. The van der Waals surface area contributed by atoms with Crippen molar-refractivity contribution in [3.8, 4) is 22.4 Å². The number of aryl methyl sites for hydroxylation is 1. The highest BCUT2D eigenvalue weighted by Crippen LogP contribution is 2.36. The standard InChI is InChI=1S/C15H12ClFN4/c1-21-15(18)13(9-4-6-19-7-5-9)14(20-21)10-2-3-12(17)11(16)8-10/h2-8H,18H2,1H3. The summed E-state index contributed by atoms with van der Waals surface area (Å²) in [5, 5.41) is 4.47. The van der Waals surface area contributed by atoms with E-state index in [1.165, 1.54) is 6.07 Å². The van der Waals surface area contributed by atoms with Crippen LogP contribution in [-0.4, -0.2) is 14.8 Å². The summed E-state index contributed by atoms with van der Waals surface area (Å²) < 4.78 is 14.9. The van der Waals surface area contributed by atoms with E-state index in [2.05, 4.69) is 10.1 Å².